The van der Waals surface area contributed by atoms with Gasteiger partial charge in [-0.15, -0.1) is 0 Å². The number of benzene rings is 1. The van der Waals surface area contributed by atoms with Crippen molar-refractivity contribution in [2.45, 2.75) is 52.8 Å². The van der Waals surface area contributed by atoms with Gasteiger partial charge in [-0.1, -0.05) is 33.8 Å². The molecule has 1 aliphatic rings. The van der Waals surface area contributed by atoms with Crippen LogP contribution in [0.25, 0.3) is 0 Å². The van der Waals surface area contributed by atoms with Crippen molar-refractivity contribution >= 4 is 11.6 Å². The van der Waals surface area contributed by atoms with Gasteiger partial charge in [0, 0.05) is 37.3 Å². The molecule has 1 heterocycles. The number of likely N-dealkylation sites (N-methyl/N-ethyl adjacent to an activating group) is 1. The van der Waals surface area contributed by atoms with Gasteiger partial charge in [-0.25, -0.2) is 4.39 Å². The van der Waals surface area contributed by atoms with E-state index in [0.29, 0.717) is 18.8 Å². The average Bonchev–Trinajstić information content (AvgIpc) is 2.97. The molecule has 1 aromatic carbocycles. The van der Waals surface area contributed by atoms with Gasteiger partial charge in [-0.3, -0.25) is 9.69 Å². The van der Waals surface area contributed by atoms with Gasteiger partial charge in [0.2, 0.25) is 5.91 Å². The van der Waals surface area contributed by atoms with Crippen molar-refractivity contribution in [2.75, 3.05) is 25.1 Å². The number of rotatable bonds is 5. The van der Waals surface area contributed by atoms with Crippen LogP contribution in [0, 0.1) is 5.82 Å². The molecule has 135 valence electrons. The topological polar surface area (TPSA) is 32.8 Å². The normalized spacial score (nSPS) is 19.9. The van der Waals surface area contributed by atoms with Gasteiger partial charge in [0.15, 0.2) is 0 Å². The number of amides is 1. The van der Waals surface area contributed by atoms with Gasteiger partial charge in [0.05, 0.1) is 13.2 Å². The maximum absolute atomic E-state index is 13.3. The fourth-order valence-electron chi connectivity index (χ4n) is 2.68. The first-order chi connectivity index (χ1) is 11.1. The summed E-state index contributed by atoms with van der Waals surface area (Å²) in [5.74, 6) is -0.391. The average molecular weight is 375 g/mol. The predicted molar refractivity (Wildman–Crippen MR) is 92.0 cm³/mol. The molecule has 4 nitrogen and oxygen atoms in total. The Morgan fingerprint density at radius 3 is 2.54 bits per heavy atom. The van der Waals surface area contributed by atoms with Crippen LogP contribution in [0.15, 0.2) is 24.3 Å². The van der Waals surface area contributed by atoms with E-state index in [1.54, 1.807) is 19.2 Å². The van der Waals surface area contributed by atoms with Crippen molar-refractivity contribution in [3.8, 4) is 0 Å². The minimum atomic E-state index is -0.338. The Morgan fingerprint density at radius 2 is 2.00 bits per heavy atom. The molecule has 0 saturated carbocycles. The second kappa shape index (κ2) is 11.6. The smallest absolute Gasteiger partial charge is 0.240 e. The first-order valence-corrected chi connectivity index (χ1v) is 8.46. The molecular weight excluding hydrogens is 346 g/mol. The molecule has 2 rings (SSSR count). The molecule has 1 radical (unpaired) electrons. The number of carbonyl (C=O) groups excluding carboxylic acids is 1. The quantitative estimate of drug-likeness (QED) is 0.788. The van der Waals surface area contributed by atoms with Gasteiger partial charge >= 0.3 is 0 Å². The van der Waals surface area contributed by atoms with E-state index in [1.165, 1.54) is 17.0 Å². The summed E-state index contributed by atoms with van der Waals surface area (Å²) in [5, 5.41) is 0. The van der Waals surface area contributed by atoms with E-state index in [4.69, 9.17) is 4.74 Å². The van der Waals surface area contributed by atoms with Gasteiger partial charge < -0.3 is 9.64 Å². The largest absolute Gasteiger partial charge is 0.362 e. The molecule has 0 spiro atoms. The molecule has 0 aromatic heterocycles. The zero-order chi connectivity index (χ0) is 17.4. The predicted octanol–water partition coefficient (Wildman–Crippen LogP) is 3.66. The van der Waals surface area contributed by atoms with Crippen molar-refractivity contribution in [1.29, 1.82) is 0 Å². The van der Waals surface area contributed by atoms with E-state index in [2.05, 4.69) is 18.7 Å². The van der Waals surface area contributed by atoms with Crippen molar-refractivity contribution in [1.82, 2.24) is 4.90 Å². The van der Waals surface area contributed by atoms with Crippen LogP contribution in [0.3, 0.4) is 0 Å². The van der Waals surface area contributed by atoms with E-state index >= 15 is 0 Å². The second-order valence-electron chi connectivity index (χ2n) is 5.36. The summed E-state index contributed by atoms with van der Waals surface area (Å²) < 4.78 is 19.0. The van der Waals surface area contributed by atoms with Crippen molar-refractivity contribution in [3.05, 3.63) is 30.1 Å². The summed E-state index contributed by atoms with van der Waals surface area (Å²) >= 11 is 0. The number of carbonyl (C=O) groups is 1. The standard InChI is InChI=1S/C16H23FN2O2.C2H6.V/c1-4-13-11-21-16(5-2)19(13)10-15(20)18(3)14-8-6-7-12(17)9-14;1-2;/h6-9,13,16H,4-5,10-11H2,1-3H3;1-2H3;/t13-,16-;;/m1../s1. The molecule has 1 fully saturated rings. The number of nitrogens with zero attached hydrogens (tertiary/aromatic N) is 2. The summed E-state index contributed by atoms with van der Waals surface area (Å²) in [4.78, 5) is 16.1. The van der Waals surface area contributed by atoms with Crippen LogP contribution in [0.1, 0.15) is 40.5 Å². The van der Waals surface area contributed by atoms with E-state index in [9.17, 15) is 9.18 Å². The SMILES string of the molecule is CC.CC[C@@H]1CO[C@H](CC)N1CC(=O)N(C)c1cccc(F)c1.[V]. The van der Waals surface area contributed by atoms with E-state index in [-0.39, 0.29) is 42.5 Å². The molecular formula is C18H29FN2O2V. The third-order valence-corrected chi connectivity index (χ3v) is 4.03. The van der Waals surface area contributed by atoms with Gasteiger partial charge in [-0.2, -0.15) is 0 Å². The molecule has 1 aliphatic heterocycles. The first kappa shape index (κ1) is 23.1. The van der Waals surface area contributed by atoms with Crippen LogP contribution in [0.4, 0.5) is 10.1 Å². The number of hydrogen-bond donors (Lipinski definition) is 0. The molecule has 6 heteroatoms. The van der Waals surface area contributed by atoms with Crippen LogP contribution in [-0.4, -0.2) is 43.3 Å². The van der Waals surface area contributed by atoms with Crippen LogP contribution in [0.5, 0.6) is 0 Å². The second-order valence-corrected chi connectivity index (χ2v) is 5.36. The summed E-state index contributed by atoms with van der Waals surface area (Å²) in [7, 11) is 1.68. The fraction of sp³-hybridized carbons (Fsp3) is 0.611. The van der Waals surface area contributed by atoms with Crippen LogP contribution in [-0.2, 0) is 28.1 Å². The van der Waals surface area contributed by atoms with Crippen molar-refractivity contribution < 1.29 is 32.5 Å². The summed E-state index contributed by atoms with van der Waals surface area (Å²) in [5.41, 5.74) is 0.571. The van der Waals surface area contributed by atoms with Crippen LogP contribution >= 0.6 is 0 Å². The molecule has 1 amide bonds. The van der Waals surface area contributed by atoms with Gasteiger partial charge in [0.1, 0.15) is 12.0 Å². The molecule has 2 atom stereocenters. The number of hydrogen-bond acceptors (Lipinski definition) is 3. The zero-order valence-corrected chi connectivity index (χ0v) is 16.7. The minimum Gasteiger partial charge on any atom is -0.362 e. The van der Waals surface area contributed by atoms with Crippen molar-refractivity contribution in [2.24, 2.45) is 0 Å². The zero-order valence-electron chi connectivity index (χ0n) is 15.3. The van der Waals surface area contributed by atoms with Gasteiger partial charge in [0.25, 0.3) is 0 Å². The first-order valence-electron chi connectivity index (χ1n) is 8.46. The number of halogens is 1. The minimum absolute atomic E-state index is 0. The molecule has 0 bridgehead atoms. The maximum Gasteiger partial charge on any atom is 0.240 e. The third-order valence-electron chi connectivity index (χ3n) is 4.03. The Balaban J connectivity index is 0.00000170. The van der Waals surface area contributed by atoms with E-state index in [1.807, 2.05) is 13.8 Å². The molecule has 24 heavy (non-hydrogen) atoms. The van der Waals surface area contributed by atoms with Gasteiger partial charge in [-0.05, 0) is 31.0 Å². The Kier molecular flexibility index (Phi) is 11.2. The number of ether oxygens (including phenoxy) is 1. The van der Waals surface area contributed by atoms with Crippen LogP contribution < -0.4 is 4.90 Å². The maximum atomic E-state index is 13.3. The Morgan fingerprint density at radius 1 is 1.33 bits per heavy atom. The molecule has 1 saturated heterocycles. The number of anilines is 1. The summed E-state index contributed by atoms with van der Waals surface area (Å²) in [6, 6.07) is 6.36. The molecule has 0 aliphatic carbocycles. The molecule has 1 aromatic rings. The molecule has 0 N–H and O–H groups in total. The van der Waals surface area contributed by atoms with Crippen molar-refractivity contribution in [3.63, 3.8) is 0 Å². The Hall–Kier alpha value is -0.876. The van der Waals surface area contributed by atoms with E-state index in [0.717, 1.165) is 12.8 Å². The summed E-state index contributed by atoms with van der Waals surface area (Å²) in [6.45, 7) is 9.12. The Labute approximate surface area is 157 Å². The van der Waals surface area contributed by atoms with Crippen LogP contribution in [0.2, 0.25) is 0 Å². The Bertz CT molecular complexity index is 490. The summed E-state index contributed by atoms with van der Waals surface area (Å²) in [6.07, 6.45) is 1.81. The van der Waals surface area contributed by atoms with E-state index < -0.39 is 0 Å². The molecule has 0 unspecified atom stereocenters. The fourth-order valence-corrected chi connectivity index (χ4v) is 2.68. The monoisotopic (exact) mass is 375 g/mol. The third kappa shape index (κ3) is 5.89.